The first-order chi connectivity index (χ1) is 24.8. The van der Waals surface area contributed by atoms with E-state index in [0.717, 1.165) is 33.7 Å². The molecule has 0 amide bonds. The van der Waals surface area contributed by atoms with Gasteiger partial charge in [0.1, 0.15) is 5.82 Å². The zero-order valence-electron chi connectivity index (χ0n) is 27.2. The van der Waals surface area contributed by atoms with Crippen LogP contribution in [0.3, 0.4) is 0 Å². The van der Waals surface area contributed by atoms with Crippen LogP contribution in [0.5, 0.6) is 0 Å². The molecule has 0 radical (unpaired) electrons. The van der Waals surface area contributed by atoms with Crippen molar-refractivity contribution in [2.75, 3.05) is 0 Å². The lowest BCUT2D eigenvalue weighted by Gasteiger charge is -2.13. The van der Waals surface area contributed by atoms with Gasteiger partial charge in [0, 0.05) is 39.0 Å². The van der Waals surface area contributed by atoms with Crippen LogP contribution in [0.15, 0.2) is 188 Å². The summed E-state index contributed by atoms with van der Waals surface area (Å²) in [7, 11) is 0. The zero-order valence-corrected chi connectivity index (χ0v) is 27.2. The highest BCUT2D eigenvalue weighted by Crippen LogP contribution is 2.41. The van der Waals surface area contributed by atoms with Crippen LogP contribution in [0, 0.1) is 0 Å². The smallest absolute Gasteiger partial charge is 0.137 e. The Kier molecular flexibility index (Phi) is 6.49. The molecule has 0 bridgehead atoms. The predicted octanol–water partition coefficient (Wildman–Crippen LogP) is 12.3. The normalized spacial score (nSPS) is 11.6. The molecule has 0 aliphatic rings. The molecular weight excluding hydrogens is 607 g/mol. The molecule has 10 rings (SSSR count). The van der Waals surface area contributed by atoms with Crippen molar-refractivity contribution in [3.05, 3.63) is 188 Å². The van der Waals surface area contributed by atoms with E-state index in [1.807, 2.05) is 6.20 Å². The lowest BCUT2D eigenvalue weighted by Crippen LogP contribution is -2.00. The van der Waals surface area contributed by atoms with Crippen molar-refractivity contribution >= 4 is 43.6 Å². The summed E-state index contributed by atoms with van der Waals surface area (Å²) in [5, 5.41) is 4.88. The van der Waals surface area contributed by atoms with Crippen LogP contribution in [0.25, 0.3) is 88.5 Å². The van der Waals surface area contributed by atoms with Gasteiger partial charge in [0.2, 0.25) is 0 Å². The molecule has 3 nitrogen and oxygen atoms in total. The van der Waals surface area contributed by atoms with Crippen molar-refractivity contribution < 1.29 is 0 Å². The maximum Gasteiger partial charge on any atom is 0.137 e. The van der Waals surface area contributed by atoms with Gasteiger partial charge in [-0.15, -0.1) is 0 Å². The number of nitrogens with zero attached hydrogens (tertiary/aromatic N) is 3. The standard InChI is InChI=1S/C47H31N3/c1-4-14-32(15-5-1)35-28-36(33-16-6-2-7-17-33)30-37(29-35)34-24-27-45(48-31-34)50-44-23-13-11-21-40(44)42-26-25-41-39-20-10-12-22-43(39)49(46(41)47(42)50)38-18-8-3-9-19-38/h1-31H. The van der Waals surface area contributed by atoms with Crippen molar-refractivity contribution in [2.45, 2.75) is 0 Å². The molecular formula is C47H31N3. The van der Waals surface area contributed by atoms with Crippen LogP contribution < -0.4 is 0 Å². The number of para-hydroxylation sites is 3. The topological polar surface area (TPSA) is 22.8 Å². The Bertz CT molecular complexity index is 2770. The molecule has 0 spiro atoms. The highest BCUT2D eigenvalue weighted by molar-refractivity contribution is 6.23. The molecule has 0 saturated heterocycles. The average molecular weight is 638 g/mol. The number of benzene rings is 7. The van der Waals surface area contributed by atoms with Crippen molar-refractivity contribution in [3.63, 3.8) is 0 Å². The van der Waals surface area contributed by atoms with Gasteiger partial charge in [-0.05, 0) is 82.4 Å². The average Bonchev–Trinajstić information content (AvgIpc) is 3.72. The summed E-state index contributed by atoms with van der Waals surface area (Å²) in [5.74, 6) is 0.889. The maximum atomic E-state index is 5.22. The zero-order chi connectivity index (χ0) is 33.0. The molecule has 3 heterocycles. The van der Waals surface area contributed by atoms with E-state index < -0.39 is 0 Å². The van der Waals surface area contributed by atoms with Crippen LogP contribution in [0.4, 0.5) is 0 Å². The fraction of sp³-hybridized carbons (Fsp3) is 0. The van der Waals surface area contributed by atoms with Crippen molar-refractivity contribution in [1.82, 2.24) is 14.1 Å². The van der Waals surface area contributed by atoms with Gasteiger partial charge in [-0.2, -0.15) is 0 Å². The van der Waals surface area contributed by atoms with Gasteiger partial charge in [-0.1, -0.05) is 127 Å². The summed E-state index contributed by atoms with van der Waals surface area (Å²) in [6, 6.07) is 65.1. The van der Waals surface area contributed by atoms with Gasteiger partial charge < -0.3 is 4.57 Å². The Morgan fingerprint density at radius 2 is 0.780 bits per heavy atom. The monoisotopic (exact) mass is 637 g/mol. The summed E-state index contributed by atoms with van der Waals surface area (Å²) < 4.78 is 4.77. The number of rotatable bonds is 5. The molecule has 0 atom stereocenters. The first-order valence-corrected chi connectivity index (χ1v) is 17.1. The van der Waals surface area contributed by atoms with E-state index in [1.54, 1.807) is 0 Å². The second-order valence-corrected chi connectivity index (χ2v) is 12.8. The number of aromatic nitrogens is 3. The quantitative estimate of drug-likeness (QED) is 0.184. The Morgan fingerprint density at radius 3 is 1.32 bits per heavy atom. The third-order valence-corrected chi connectivity index (χ3v) is 9.94. The molecule has 0 fully saturated rings. The number of fused-ring (bicyclic) bond motifs is 7. The summed E-state index contributed by atoms with van der Waals surface area (Å²) in [5.41, 5.74) is 12.8. The molecule has 10 aromatic rings. The van der Waals surface area contributed by atoms with Crippen LogP contribution >= 0.6 is 0 Å². The van der Waals surface area contributed by atoms with Gasteiger partial charge in [0.25, 0.3) is 0 Å². The third-order valence-electron chi connectivity index (χ3n) is 9.94. The summed E-state index contributed by atoms with van der Waals surface area (Å²) in [4.78, 5) is 5.22. The molecule has 0 saturated carbocycles. The van der Waals surface area contributed by atoms with E-state index in [2.05, 4.69) is 191 Å². The van der Waals surface area contributed by atoms with Crippen LogP contribution in [0.1, 0.15) is 0 Å². The molecule has 0 N–H and O–H groups in total. The molecule has 7 aromatic carbocycles. The molecule has 0 aliphatic carbocycles. The first-order valence-electron chi connectivity index (χ1n) is 17.1. The molecule has 234 valence electrons. The second kappa shape index (κ2) is 11.5. The van der Waals surface area contributed by atoms with Crippen LogP contribution in [0.2, 0.25) is 0 Å². The molecule has 0 aliphatic heterocycles. The van der Waals surface area contributed by atoms with E-state index in [4.69, 9.17) is 4.98 Å². The van der Waals surface area contributed by atoms with Crippen molar-refractivity contribution in [1.29, 1.82) is 0 Å². The summed E-state index contributed by atoms with van der Waals surface area (Å²) in [6.07, 6.45) is 2.03. The Morgan fingerprint density at radius 1 is 0.320 bits per heavy atom. The van der Waals surface area contributed by atoms with Gasteiger partial charge >= 0.3 is 0 Å². The summed E-state index contributed by atoms with van der Waals surface area (Å²) >= 11 is 0. The van der Waals surface area contributed by atoms with E-state index in [-0.39, 0.29) is 0 Å². The lowest BCUT2D eigenvalue weighted by molar-refractivity contribution is 1.08. The Labute approximate surface area is 290 Å². The second-order valence-electron chi connectivity index (χ2n) is 12.8. The highest BCUT2D eigenvalue weighted by Gasteiger charge is 2.21. The van der Waals surface area contributed by atoms with Gasteiger partial charge in [0.15, 0.2) is 0 Å². The van der Waals surface area contributed by atoms with Crippen LogP contribution in [-0.2, 0) is 0 Å². The molecule has 0 unspecified atom stereocenters. The summed E-state index contributed by atoms with van der Waals surface area (Å²) in [6.45, 7) is 0. The Balaban J connectivity index is 1.21. The van der Waals surface area contributed by atoms with E-state index in [0.29, 0.717) is 0 Å². The number of pyridine rings is 1. The minimum atomic E-state index is 0.889. The maximum absolute atomic E-state index is 5.22. The fourth-order valence-corrected chi connectivity index (χ4v) is 7.66. The highest BCUT2D eigenvalue weighted by atomic mass is 15.1. The Hall–Kier alpha value is -6.71. The van der Waals surface area contributed by atoms with Gasteiger partial charge in [-0.3, -0.25) is 4.57 Å². The lowest BCUT2D eigenvalue weighted by atomic mass is 9.94. The van der Waals surface area contributed by atoms with E-state index in [9.17, 15) is 0 Å². The molecule has 3 heteroatoms. The van der Waals surface area contributed by atoms with E-state index >= 15 is 0 Å². The third kappa shape index (κ3) is 4.48. The molecule has 3 aromatic heterocycles. The van der Waals surface area contributed by atoms with E-state index in [1.165, 1.54) is 54.8 Å². The predicted molar refractivity (Wildman–Crippen MR) is 209 cm³/mol. The SMILES string of the molecule is c1ccc(-c2cc(-c3ccccc3)cc(-c3ccc(-n4c5ccccc5c5ccc6c7ccccc7n(-c7ccccc7)c6c54)nc3)c2)cc1. The van der Waals surface area contributed by atoms with Gasteiger partial charge in [0.05, 0.1) is 22.1 Å². The minimum absolute atomic E-state index is 0.889. The van der Waals surface area contributed by atoms with Crippen molar-refractivity contribution in [2.24, 2.45) is 0 Å². The van der Waals surface area contributed by atoms with Crippen molar-refractivity contribution in [3.8, 4) is 44.9 Å². The van der Waals surface area contributed by atoms with Crippen LogP contribution in [-0.4, -0.2) is 14.1 Å². The fourth-order valence-electron chi connectivity index (χ4n) is 7.66. The first kappa shape index (κ1) is 28.3. The molecule has 50 heavy (non-hydrogen) atoms. The largest absolute Gasteiger partial charge is 0.307 e. The van der Waals surface area contributed by atoms with Gasteiger partial charge in [-0.25, -0.2) is 4.98 Å². The number of hydrogen-bond acceptors (Lipinski definition) is 1. The number of hydrogen-bond donors (Lipinski definition) is 0. The minimum Gasteiger partial charge on any atom is -0.307 e.